The summed E-state index contributed by atoms with van der Waals surface area (Å²) in [4.78, 5) is 29.0. The minimum Gasteiger partial charge on any atom is -0.493 e. The maximum atomic E-state index is 13.6. The topological polar surface area (TPSA) is 70.0 Å². The van der Waals surface area contributed by atoms with Crippen molar-refractivity contribution in [1.29, 1.82) is 0 Å². The molecule has 2 heterocycles. The maximum absolute atomic E-state index is 13.6. The van der Waals surface area contributed by atoms with E-state index in [-0.39, 0.29) is 17.6 Å². The molecule has 7 nitrogen and oxygen atoms in total. The average molecular weight is 451 g/mol. The zero-order valence-electron chi connectivity index (χ0n) is 19.6. The summed E-state index contributed by atoms with van der Waals surface area (Å²) in [5.74, 6) is 1.48. The van der Waals surface area contributed by atoms with Crippen LogP contribution in [0.1, 0.15) is 43.5 Å². The Bertz CT molecular complexity index is 1230. The van der Waals surface area contributed by atoms with Crippen LogP contribution in [0.4, 0.5) is 0 Å². The molecule has 0 spiro atoms. The van der Waals surface area contributed by atoms with Crippen LogP contribution in [0.25, 0.3) is 16.5 Å². The number of carbonyl (C=O) groups excluding carboxylic acids is 1. The number of piperidine rings is 1. The predicted octanol–water partition coefficient (Wildman–Crippen LogP) is 4.42. The van der Waals surface area contributed by atoms with E-state index in [2.05, 4.69) is 0 Å². The first-order valence-electron chi connectivity index (χ1n) is 11.3. The maximum Gasteiger partial charge on any atom is 0.263 e. The second-order valence-electron chi connectivity index (χ2n) is 8.49. The first-order chi connectivity index (χ1) is 15.9. The van der Waals surface area contributed by atoms with Crippen LogP contribution in [0.2, 0.25) is 0 Å². The van der Waals surface area contributed by atoms with Gasteiger partial charge in [0.15, 0.2) is 11.5 Å². The number of hydrogen-bond acceptors (Lipinski definition) is 5. The standard InChI is InChI=1S/C26H30N2O5/c1-17(2)33-19-10-8-9-18(13-19)28-16-22(25(29)27-11-6-5-7-12-27)20-14-23(31-3)24(32-4)15-21(20)26(28)30/h8-10,13-17H,5-7,11-12H2,1-4H3. The first kappa shape index (κ1) is 22.7. The second-order valence-corrected chi connectivity index (χ2v) is 8.49. The van der Waals surface area contributed by atoms with Crippen molar-refractivity contribution >= 4 is 16.7 Å². The lowest BCUT2D eigenvalue weighted by molar-refractivity contribution is 0.0725. The molecule has 0 radical (unpaired) electrons. The van der Waals surface area contributed by atoms with Crippen LogP contribution in [-0.2, 0) is 0 Å². The number of methoxy groups -OCH3 is 2. The van der Waals surface area contributed by atoms with Gasteiger partial charge in [0.05, 0.1) is 37.0 Å². The van der Waals surface area contributed by atoms with Gasteiger partial charge in [-0.2, -0.15) is 0 Å². The number of carbonyl (C=O) groups is 1. The van der Waals surface area contributed by atoms with Crippen LogP contribution < -0.4 is 19.8 Å². The summed E-state index contributed by atoms with van der Waals surface area (Å²) in [6.07, 6.45) is 4.73. The fraction of sp³-hybridized carbons (Fsp3) is 0.385. The summed E-state index contributed by atoms with van der Waals surface area (Å²) in [5.41, 5.74) is 0.841. The highest BCUT2D eigenvalue weighted by Gasteiger charge is 2.24. The molecular weight excluding hydrogens is 420 g/mol. The van der Waals surface area contributed by atoms with Crippen molar-refractivity contribution in [3.05, 3.63) is 58.5 Å². The lowest BCUT2D eigenvalue weighted by Crippen LogP contribution is -2.36. The molecule has 3 aromatic rings. The normalized spacial score (nSPS) is 13.9. The third kappa shape index (κ3) is 4.53. The molecule has 4 rings (SSSR count). The number of pyridine rings is 1. The highest BCUT2D eigenvalue weighted by Crippen LogP contribution is 2.33. The number of benzene rings is 2. The van der Waals surface area contributed by atoms with Crippen molar-refractivity contribution in [2.45, 2.75) is 39.2 Å². The number of aromatic nitrogens is 1. The number of rotatable bonds is 6. The number of amides is 1. The molecule has 1 saturated heterocycles. The molecule has 0 N–H and O–H groups in total. The molecule has 174 valence electrons. The van der Waals surface area contributed by atoms with Crippen molar-refractivity contribution in [3.8, 4) is 22.9 Å². The Morgan fingerprint density at radius 3 is 2.24 bits per heavy atom. The zero-order valence-corrected chi connectivity index (χ0v) is 19.6. The van der Waals surface area contributed by atoms with Crippen LogP contribution in [0.5, 0.6) is 17.2 Å². The Kier molecular flexibility index (Phi) is 6.58. The van der Waals surface area contributed by atoms with E-state index in [0.717, 1.165) is 19.3 Å². The quantitative estimate of drug-likeness (QED) is 0.556. The summed E-state index contributed by atoms with van der Waals surface area (Å²) in [6, 6.07) is 10.7. The minimum absolute atomic E-state index is 0.00143. The molecule has 0 saturated carbocycles. The molecule has 0 bridgehead atoms. The van der Waals surface area contributed by atoms with Crippen LogP contribution >= 0.6 is 0 Å². The van der Waals surface area contributed by atoms with Crippen molar-refractivity contribution in [3.63, 3.8) is 0 Å². The highest BCUT2D eigenvalue weighted by molar-refractivity contribution is 6.07. The van der Waals surface area contributed by atoms with Gasteiger partial charge in [-0.05, 0) is 57.4 Å². The lowest BCUT2D eigenvalue weighted by Gasteiger charge is -2.27. The number of nitrogens with zero attached hydrogens (tertiary/aromatic N) is 2. The van der Waals surface area contributed by atoms with Gasteiger partial charge in [0.2, 0.25) is 0 Å². The van der Waals surface area contributed by atoms with E-state index in [9.17, 15) is 9.59 Å². The second kappa shape index (κ2) is 9.57. The number of ether oxygens (including phenoxy) is 3. The fourth-order valence-corrected chi connectivity index (χ4v) is 4.27. The van der Waals surface area contributed by atoms with Crippen LogP contribution in [0.3, 0.4) is 0 Å². The van der Waals surface area contributed by atoms with Crippen molar-refractivity contribution in [2.75, 3.05) is 27.3 Å². The Labute approximate surface area is 193 Å². The summed E-state index contributed by atoms with van der Waals surface area (Å²) in [7, 11) is 3.06. The molecule has 1 fully saturated rings. The van der Waals surface area contributed by atoms with Gasteiger partial charge in [-0.1, -0.05) is 6.07 Å². The number of hydrogen-bond donors (Lipinski definition) is 0. The van der Waals surface area contributed by atoms with Crippen LogP contribution in [0, 0.1) is 0 Å². The van der Waals surface area contributed by atoms with E-state index in [1.54, 1.807) is 18.3 Å². The average Bonchev–Trinajstić information content (AvgIpc) is 2.83. The third-order valence-electron chi connectivity index (χ3n) is 5.86. The lowest BCUT2D eigenvalue weighted by atomic mass is 10.0. The first-order valence-corrected chi connectivity index (χ1v) is 11.3. The molecule has 1 aromatic heterocycles. The number of fused-ring (bicyclic) bond motifs is 1. The van der Waals surface area contributed by atoms with Crippen LogP contribution in [0.15, 0.2) is 47.4 Å². The summed E-state index contributed by atoms with van der Waals surface area (Å²) in [5, 5.41) is 0.949. The van der Waals surface area contributed by atoms with Gasteiger partial charge in [0.1, 0.15) is 5.75 Å². The predicted molar refractivity (Wildman–Crippen MR) is 128 cm³/mol. The Morgan fingerprint density at radius 2 is 1.61 bits per heavy atom. The third-order valence-corrected chi connectivity index (χ3v) is 5.86. The van der Waals surface area contributed by atoms with E-state index in [1.807, 2.05) is 43.0 Å². The van der Waals surface area contributed by atoms with Crippen LogP contribution in [-0.4, -0.2) is 48.8 Å². The molecule has 1 aliphatic rings. The van der Waals surface area contributed by atoms with Gasteiger partial charge in [0, 0.05) is 30.7 Å². The summed E-state index contributed by atoms with van der Waals surface area (Å²) >= 11 is 0. The van der Waals surface area contributed by atoms with Crippen molar-refractivity contribution in [2.24, 2.45) is 0 Å². The Balaban J connectivity index is 1.95. The molecule has 7 heteroatoms. The summed E-state index contributed by atoms with van der Waals surface area (Å²) < 4.78 is 18.2. The molecule has 1 aliphatic heterocycles. The van der Waals surface area contributed by atoms with Gasteiger partial charge in [-0.25, -0.2) is 0 Å². The monoisotopic (exact) mass is 450 g/mol. The minimum atomic E-state index is -0.247. The van der Waals surface area contributed by atoms with E-state index in [1.165, 1.54) is 18.8 Å². The van der Waals surface area contributed by atoms with Gasteiger partial charge in [-0.3, -0.25) is 14.2 Å². The SMILES string of the molecule is COc1cc2c(C(=O)N3CCCCC3)cn(-c3cccc(OC(C)C)c3)c(=O)c2cc1OC. The van der Waals surface area contributed by atoms with Gasteiger partial charge in [-0.15, -0.1) is 0 Å². The molecule has 2 aromatic carbocycles. The van der Waals surface area contributed by atoms with E-state index in [4.69, 9.17) is 14.2 Å². The zero-order chi connectivity index (χ0) is 23.5. The Morgan fingerprint density at radius 1 is 0.939 bits per heavy atom. The number of likely N-dealkylation sites (tertiary alicyclic amines) is 1. The molecule has 1 amide bonds. The van der Waals surface area contributed by atoms with Crippen molar-refractivity contribution < 1.29 is 19.0 Å². The molecule has 0 unspecified atom stereocenters. The highest BCUT2D eigenvalue weighted by atomic mass is 16.5. The van der Waals surface area contributed by atoms with Gasteiger partial charge >= 0.3 is 0 Å². The smallest absolute Gasteiger partial charge is 0.263 e. The van der Waals surface area contributed by atoms with Crippen molar-refractivity contribution in [1.82, 2.24) is 9.47 Å². The summed E-state index contributed by atoms with van der Waals surface area (Å²) in [6.45, 7) is 5.32. The van der Waals surface area contributed by atoms with E-state index < -0.39 is 0 Å². The fourth-order valence-electron chi connectivity index (χ4n) is 4.27. The molecule has 0 atom stereocenters. The largest absolute Gasteiger partial charge is 0.493 e. The van der Waals surface area contributed by atoms with Gasteiger partial charge < -0.3 is 19.1 Å². The molecule has 0 aliphatic carbocycles. The molecule has 33 heavy (non-hydrogen) atoms. The van der Waals surface area contributed by atoms with Gasteiger partial charge in [0.25, 0.3) is 11.5 Å². The van der Waals surface area contributed by atoms with E-state index in [0.29, 0.717) is 52.4 Å². The molecular formula is C26H30N2O5. The Hall–Kier alpha value is -3.48. The van der Waals surface area contributed by atoms with E-state index >= 15 is 0 Å².